The molecule has 1 aliphatic carbocycles. The number of nitrogens with zero attached hydrogens (tertiary/aromatic N) is 1. The fourth-order valence-corrected chi connectivity index (χ4v) is 3.47. The Morgan fingerprint density at radius 2 is 2.00 bits per heavy atom. The highest BCUT2D eigenvalue weighted by Crippen LogP contribution is 2.40. The molecule has 98 valence electrons. The molecule has 0 aromatic carbocycles. The maximum Gasteiger partial charge on any atom is 0.320 e. The third kappa shape index (κ3) is 2.80. The van der Waals surface area contributed by atoms with E-state index in [9.17, 15) is 15.0 Å². The second-order valence-electron chi connectivity index (χ2n) is 6.19. The molecule has 0 bridgehead atoms. The van der Waals surface area contributed by atoms with Crippen LogP contribution in [0.4, 0.5) is 0 Å². The van der Waals surface area contributed by atoms with Crippen molar-refractivity contribution in [2.45, 2.75) is 63.6 Å². The molecule has 2 rings (SSSR count). The van der Waals surface area contributed by atoms with Gasteiger partial charge >= 0.3 is 5.97 Å². The average molecular weight is 241 g/mol. The number of carboxylic acids is 1. The van der Waals surface area contributed by atoms with E-state index < -0.39 is 17.6 Å². The third-order valence-corrected chi connectivity index (χ3v) is 4.08. The summed E-state index contributed by atoms with van der Waals surface area (Å²) >= 11 is 0. The van der Waals surface area contributed by atoms with Crippen molar-refractivity contribution in [2.24, 2.45) is 5.92 Å². The molecule has 0 spiro atoms. The van der Waals surface area contributed by atoms with E-state index in [1.807, 2.05) is 4.90 Å². The summed E-state index contributed by atoms with van der Waals surface area (Å²) in [5, 5.41) is 19.2. The molecule has 4 heteroatoms. The molecular weight excluding hydrogens is 218 g/mol. The molecule has 1 saturated carbocycles. The van der Waals surface area contributed by atoms with Gasteiger partial charge in [-0.3, -0.25) is 9.69 Å². The Kier molecular flexibility index (Phi) is 3.46. The van der Waals surface area contributed by atoms with Crippen LogP contribution < -0.4 is 0 Å². The van der Waals surface area contributed by atoms with Crippen LogP contribution in [0.5, 0.6) is 0 Å². The van der Waals surface area contributed by atoms with Crippen LogP contribution in [0.25, 0.3) is 0 Å². The highest BCUT2D eigenvalue weighted by atomic mass is 16.4. The van der Waals surface area contributed by atoms with Gasteiger partial charge in [-0.05, 0) is 39.0 Å². The largest absolute Gasteiger partial charge is 0.480 e. The molecule has 0 aromatic rings. The Morgan fingerprint density at radius 3 is 2.59 bits per heavy atom. The first-order valence-corrected chi connectivity index (χ1v) is 6.59. The molecule has 1 heterocycles. The number of carbonyl (C=O) groups is 1. The summed E-state index contributed by atoms with van der Waals surface area (Å²) < 4.78 is 0. The van der Waals surface area contributed by atoms with E-state index in [4.69, 9.17) is 0 Å². The SMILES string of the molecule is CC(C)(O)CN1C(C(=O)O)CC2CCCCC21. The van der Waals surface area contributed by atoms with Crippen molar-refractivity contribution in [3.8, 4) is 0 Å². The second-order valence-corrected chi connectivity index (χ2v) is 6.19. The lowest BCUT2D eigenvalue weighted by Gasteiger charge is -2.36. The summed E-state index contributed by atoms with van der Waals surface area (Å²) in [7, 11) is 0. The summed E-state index contributed by atoms with van der Waals surface area (Å²) in [6.07, 6.45) is 5.41. The molecule has 1 saturated heterocycles. The van der Waals surface area contributed by atoms with Crippen LogP contribution in [0.2, 0.25) is 0 Å². The third-order valence-electron chi connectivity index (χ3n) is 4.08. The first kappa shape index (κ1) is 12.8. The number of hydrogen-bond acceptors (Lipinski definition) is 3. The van der Waals surface area contributed by atoms with Crippen molar-refractivity contribution in [2.75, 3.05) is 6.54 Å². The van der Waals surface area contributed by atoms with Crippen LogP contribution in [-0.4, -0.2) is 45.3 Å². The van der Waals surface area contributed by atoms with E-state index in [2.05, 4.69) is 0 Å². The minimum absolute atomic E-state index is 0.372. The summed E-state index contributed by atoms with van der Waals surface area (Å²) in [5.41, 5.74) is -0.819. The lowest BCUT2D eigenvalue weighted by molar-refractivity contribution is -0.143. The van der Waals surface area contributed by atoms with Gasteiger partial charge in [0.1, 0.15) is 6.04 Å². The quantitative estimate of drug-likeness (QED) is 0.785. The molecular formula is C13H23NO3. The normalized spacial score (nSPS) is 34.6. The molecule has 0 amide bonds. The molecule has 4 nitrogen and oxygen atoms in total. The summed E-state index contributed by atoms with van der Waals surface area (Å²) in [6.45, 7) is 3.97. The molecule has 2 aliphatic rings. The van der Waals surface area contributed by atoms with Crippen LogP contribution in [0.3, 0.4) is 0 Å². The zero-order valence-corrected chi connectivity index (χ0v) is 10.7. The minimum Gasteiger partial charge on any atom is -0.480 e. The van der Waals surface area contributed by atoms with Gasteiger partial charge in [-0.1, -0.05) is 12.8 Å². The number of aliphatic carboxylic acids is 1. The van der Waals surface area contributed by atoms with Crippen molar-refractivity contribution in [3.05, 3.63) is 0 Å². The monoisotopic (exact) mass is 241 g/mol. The van der Waals surface area contributed by atoms with Gasteiger partial charge in [0.05, 0.1) is 5.60 Å². The Morgan fingerprint density at radius 1 is 1.35 bits per heavy atom. The number of carboxylic acid groups (broad SMARTS) is 1. The van der Waals surface area contributed by atoms with Gasteiger partial charge in [0.25, 0.3) is 0 Å². The Balaban J connectivity index is 2.14. The standard InChI is InChI=1S/C13H23NO3/c1-13(2,17)8-14-10-6-4-3-5-9(10)7-11(14)12(15)16/h9-11,17H,3-8H2,1-2H3,(H,15,16). The number of hydrogen-bond donors (Lipinski definition) is 2. The van der Waals surface area contributed by atoms with E-state index in [0.717, 1.165) is 19.3 Å². The molecule has 1 aliphatic heterocycles. The van der Waals surface area contributed by atoms with Crippen molar-refractivity contribution < 1.29 is 15.0 Å². The number of aliphatic hydroxyl groups is 1. The topological polar surface area (TPSA) is 60.8 Å². The van der Waals surface area contributed by atoms with Crippen LogP contribution in [0.1, 0.15) is 46.0 Å². The van der Waals surface area contributed by atoms with Crippen molar-refractivity contribution in [1.82, 2.24) is 4.90 Å². The summed E-state index contributed by atoms with van der Waals surface area (Å²) in [6, 6.07) is -0.0224. The van der Waals surface area contributed by atoms with Crippen LogP contribution in [0.15, 0.2) is 0 Å². The predicted octanol–water partition coefficient (Wildman–Crippen LogP) is 1.47. The Hall–Kier alpha value is -0.610. The van der Waals surface area contributed by atoms with Crippen molar-refractivity contribution in [1.29, 1.82) is 0 Å². The number of fused-ring (bicyclic) bond motifs is 1. The van der Waals surface area contributed by atoms with E-state index >= 15 is 0 Å². The predicted molar refractivity (Wildman–Crippen MR) is 64.8 cm³/mol. The van der Waals surface area contributed by atoms with Crippen LogP contribution in [-0.2, 0) is 4.79 Å². The van der Waals surface area contributed by atoms with E-state index in [-0.39, 0.29) is 0 Å². The lowest BCUT2D eigenvalue weighted by atomic mass is 9.84. The zero-order valence-electron chi connectivity index (χ0n) is 10.7. The lowest BCUT2D eigenvalue weighted by Crippen LogP contribution is -2.48. The molecule has 0 aromatic heterocycles. The van der Waals surface area contributed by atoms with Crippen LogP contribution >= 0.6 is 0 Å². The van der Waals surface area contributed by atoms with E-state index in [0.29, 0.717) is 18.5 Å². The van der Waals surface area contributed by atoms with Gasteiger partial charge < -0.3 is 10.2 Å². The first-order valence-electron chi connectivity index (χ1n) is 6.59. The Labute approximate surface area is 103 Å². The average Bonchev–Trinajstić information content (AvgIpc) is 2.55. The highest BCUT2D eigenvalue weighted by molar-refractivity contribution is 5.74. The molecule has 0 radical (unpaired) electrons. The molecule has 3 atom stereocenters. The maximum absolute atomic E-state index is 11.3. The van der Waals surface area contributed by atoms with Gasteiger partial charge in [-0.15, -0.1) is 0 Å². The number of β-amino-alcohol motifs (C(OH)–C–C–N with tert-alkyl or cyclic N) is 1. The van der Waals surface area contributed by atoms with Crippen LogP contribution in [0, 0.1) is 5.92 Å². The maximum atomic E-state index is 11.3. The summed E-state index contributed by atoms with van der Waals surface area (Å²) in [4.78, 5) is 13.4. The fraction of sp³-hybridized carbons (Fsp3) is 0.923. The van der Waals surface area contributed by atoms with Gasteiger partial charge in [0.15, 0.2) is 0 Å². The summed E-state index contributed by atoms with van der Waals surface area (Å²) in [5.74, 6) is -0.212. The van der Waals surface area contributed by atoms with E-state index in [1.54, 1.807) is 13.8 Å². The molecule has 2 N–H and O–H groups in total. The number of likely N-dealkylation sites (tertiary alicyclic amines) is 1. The van der Waals surface area contributed by atoms with E-state index in [1.165, 1.54) is 12.8 Å². The van der Waals surface area contributed by atoms with Gasteiger partial charge in [-0.25, -0.2) is 0 Å². The molecule has 17 heavy (non-hydrogen) atoms. The van der Waals surface area contributed by atoms with Gasteiger partial charge in [-0.2, -0.15) is 0 Å². The van der Waals surface area contributed by atoms with Crippen molar-refractivity contribution in [3.63, 3.8) is 0 Å². The Bertz CT molecular complexity index is 298. The smallest absolute Gasteiger partial charge is 0.320 e. The molecule has 2 fully saturated rings. The first-order chi connectivity index (χ1) is 7.88. The highest BCUT2D eigenvalue weighted by Gasteiger charge is 2.46. The minimum atomic E-state index is -0.819. The number of rotatable bonds is 3. The fourth-order valence-electron chi connectivity index (χ4n) is 3.47. The van der Waals surface area contributed by atoms with Crippen molar-refractivity contribution >= 4 is 5.97 Å². The second kappa shape index (κ2) is 4.58. The van der Waals surface area contributed by atoms with Gasteiger partial charge in [0.2, 0.25) is 0 Å². The molecule has 3 unspecified atom stereocenters. The zero-order chi connectivity index (χ0) is 12.6. The van der Waals surface area contributed by atoms with Gasteiger partial charge in [0, 0.05) is 12.6 Å².